The largest absolute Gasteiger partial charge is 0.465 e. The molecule has 0 bridgehead atoms. The van der Waals surface area contributed by atoms with Crippen LogP contribution in [0.4, 0.5) is 11.6 Å². The van der Waals surface area contributed by atoms with Crippen LogP contribution in [0.3, 0.4) is 0 Å². The molecule has 1 N–H and O–H groups in total. The van der Waals surface area contributed by atoms with Gasteiger partial charge in [0, 0.05) is 24.5 Å². The highest BCUT2D eigenvalue weighted by molar-refractivity contribution is 7.15. The van der Waals surface area contributed by atoms with Crippen LogP contribution in [0.1, 0.15) is 26.5 Å². The molecule has 2 aromatic carbocycles. The van der Waals surface area contributed by atoms with Gasteiger partial charge in [0.05, 0.1) is 22.6 Å². The van der Waals surface area contributed by atoms with Crippen molar-refractivity contribution in [2.24, 2.45) is 0 Å². The van der Waals surface area contributed by atoms with Gasteiger partial charge in [-0.1, -0.05) is 24.3 Å². The molecule has 33 heavy (non-hydrogen) atoms. The molecule has 0 saturated heterocycles. The van der Waals surface area contributed by atoms with E-state index in [9.17, 15) is 4.79 Å². The lowest BCUT2D eigenvalue weighted by Gasteiger charge is -2.06. The number of pyridine rings is 1. The molecule has 0 aliphatic heterocycles. The lowest BCUT2D eigenvalue weighted by Crippen LogP contribution is -2.00. The van der Waals surface area contributed by atoms with Gasteiger partial charge < -0.3 is 10.1 Å². The van der Waals surface area contributed by atoms with Crippen LogP contribution in [0.15, 0.2) is 73.1 Å². The van der Waals surface area contributed by atoms with Crippen molar-refractivity contribution in [1.82, 2.24) is 19.6 Å². The van der Waals surface area contributed by atoms with E-state index < -0.39 is 0 Å². The number of ether oxygens (including phenoxy) is 1. The average Bonchev–Trinajstić information content (AvgIpc) is 3.45. The predicted molar refractivity (Wildman–Crippen MR) is 129 cm³/mol. The number of aryl methyl sites for hydroxylation is 1. The van der Waals surface area contributed by atoms with Crippen molar-refractivity contribution in [2.45, 2.75) is 13.3 Å². The molecule has 0 fully saturated rings. The first-order valence-corrected chi connectivity index (χ1v) is 11.2. The molecule has 7 nitrogen and oxygen atoms in total. The van der Waals surface area contributed by atoms with Crippen molar-refractivity contribution < 1.29 is 9.53 Å². The molecule has 8 heteroatoms. The van der Waals surface area contributed by atoms with Gasteiger partial charge in [-0.05, 0) is 60.0 Å². The van der Waals surface area contributed by atoms with Gasteiger partial charge in [0.25, 0.3) is 0 Å². The molecule has 0 aliphatic carbocycles. The molecule has 5 aromatic rings. The first-order valence-electron chi connectivity index (χ1n) is 10.4. The summed E-state index contributed by atoms with van der Waals surface area (Å²) in [5.74, 6) is 0.221. The molecule has 5 rings (SSSR count). The monoisotopic (exact) mass is 455 g/mol. The molecule has 0 amide bonds. The van der Waals surface area contributed by atoms with Crippen molar-refractivity contribution in [3.8, 4) is 10.4 Å². The quantitative estimate of drug-likeness (QED) is 0.351. The Morgan fingerprint density at radius 1 is 1.12 bits per heavy atom. The second kappa shape index (κ2) is 8.84. The number of rotatable bonds is 6. The number of carbonyl (C=O) groups excluding carboxylic acids is 1. The van der Waals surface area contributed by atoms with E-state index in [0.717, 1.165) is 37.9 Å². The number of nitrogens with zero attached hydrogens (tertiary/aromatic N) is 4. The van der Waals surface area contributed by atoms with Crippen LogP contribution >= 0.6 is 11.3 Å². The Labute approximate surface area is 194 Å². The molecule has 164 valence electrons. The third-order valence-electron chi connectivity index (χ3n) is 5.14. The van der Waals surface area contributed by atoms with Crippen LogP contribution in [0.5, 0.6) is 0 Å². The van der Waals surface area contributed by atoms with E-state index in [1.807, 2.05) is 42.7 Å². The average molecular weight is 456 g/mol. The first-order chi connectivity index (χ1) is 16.1. The number of esters is 1. The van der Waals surface area contributed by atoms with Gasteiger partial charge in [-0.15, -0.1) is 16.4 Å². The Bertz CT molecular complexity index is 1410. The number of thiazole rings is 1. The lowest BCUT2D eigenvalue weighted by atomic mass is 10.1. The Morgan fingerprint density at radius 3 is 2.76 bits per heavy atom. The van der Waals surface area contributed by atoms with Crippen LogP contribution in [0.25, 0.3) is 16.1 Å². The molecule has 3 aromatic heterocycles. The topological polar surface area (TPSA) is 81.4 Å². The van der Waals surface area contributed by atoms with Gasteiger partial charge >= 0.3 is 5.97 Å². The zero-order chi connectivity index (χ0) is 22.8. The molecule has 0 aliphatic rings. The summed E-state index contributed by atoms with van der Waals surface area (Å²) in [7, 11) is 1.38. The minimum absolute atomic E-state index is 0.333. The maximum absolute atomic E-state index is 11.6. The van der Waals surface area contributed by atoms with Crippen molar-refractivity contribution in [1.29, 1.82) is 0 Å². The van der Waals surface area contributed by atoms with Gasteiger partial charge in [-0.2, -0.15) is 4.98 Å². The van der Waals surface area contributed by atoms with Crippen LogP contribution in [-0.4, -0.2) is 32.7 Å². The molecule has 3 heterocycles. The Balaban J connectivity index is 1.34. The summed E-state index contributed by atoms with van der Waals surface area (Å²) in [6.07, 6.45) is 4.48. The van der Waals surface area contributed by atoms with Crippen molar-refractivity contribution >= 4 is 34.6 Å². The molecule has 0 saturated carbocycles. The standard InChI is InChI=1S/C25H21N5O2S/c1-16-11-19(14-20(12-16)27-25-28-22-5-3-4-10-30(22)29-25)21-15-26-23(33-21)13-17-6-8-18(9-7-17)24(31)32-2/h3-12,14-15H,13H2,1-2H3,(H,27,29). The number of benzene rings is 2. The zero-order valence-corrected chi connectivity index (χ0v) is 19.0. The Morgan fingerprint density at radius 2 is 1.97 bits per heavy atom. The van der Waals surface area contributed by atoms with Gasteiger partial charge in [0.2, 0.25) is 5.95 Å². The van der Waals surface area contributed by atoms with E-state index in [-0.39, 0.29) is 5.97 Å². The fourth-order valence-corrected chi connectivity index (χ4v) is 4.53. The minimum Gasteiger partial charge on any atom is -0.465 e. The van der Waals surface area contributed by atoms with Crippen LogP contribution in [0, 0.1) is 6.92 Å². The third-order valence-corrected chi connectivity index (χ3v) is 6.19. The number of hydrogen-bond donors (Lipinski definition) is 1. The number of aromatic nitrogens is 4. The first kappa shape index (κ1) is 20.8. The van der Waals surface area contributed by atoms with E-state index in [1.165, 1.54) is 7.11 Å². The van der Waals surface area contributed by atoms with E-state index in [4.69, 9.17) is 4.74 Å². The number of methoxy groups -OCH3 is 1. The smallest absolute Gasteiger partial charge is 0.337 e. The van der Waals surface area contributed by atoms with Crippen LogP contribution in [-0.2, 0) is 11.2 Å². The molecular formula is C25H21N5O2S. The SMILES string of the molecule is COC(=O)c1ccc(Cc2ncc(-c3cc(C)cc(Nc4nc5ccccn5n4)c3)s2)cc1. The van der Waals surface area contributed by atoms with E-state index >= 15 is 0 Å². The maximum Gasteiger partial charge on any atom is 0.337 e. The number of nitrogens with one attached hydrogen (secondary N) is 1. The van der Waals surface area contributed by atoms with Crippen molar-refractivity contribution in [3.63, 3.8) is 0 Å². The number of anilines is 2. The highest BCUT2D eigenvalue weighted by Crippen LogP contribution is 2.31. The summed E-state index contributed by atoms with van der Waals surface area (Å²) in [5.41, 5.74) is 5.57. The molecular weight excluding hydrogens is 434 g/mol. The summed E-state index contributed by atoms with van der Waals surface area (Å²) >= 11 is 1.66. The summed E-state index contributed by atoms with van der Waals surface area (Å²) in [5, 5.41) is 8.79. The van der Waals surface area contributed by atoms with E-state index in [0.29, 0.717) is 17.9 Å². The van der Waals surface area contributed by atoms with E-state index in [2.05, 4.69) is 45.5 Å². The maximum atomic E-state index is 11.6. The summed E-state index contributed by atoms with van der Waals surface area (Å²) in [4.78, 5) is 21.8. The predicted octanol–water partition coefficient (Wildman–Crippen LogP) is 5.28. The van der Waals surface area contributed by atoms with Crippen molar-refractivity contribution in [3.05, 3.63) is 94.8 Å². The van der Waals surface area contributed by atoms with Gasteiger partial charge in [0.1, 0.15) is 0 Å². The molecule has 0 atom stereocenters. The van der Waals surface area contributed by atoms with Gasteiger partial charge in [-0.3, -0.25) is 0 Å². The Hall–Kier alpha value is -4.04. The highest BCUT2D eigenvalue weighted by atomic mass is 32.1. The molecule has 0 spiro atoms. The van der Waals surface area contributed by atoms with Gasteiger partial charge in [0.15, 0.2) is 5.65 Å². The summed E-state index contributed by atoms with van der Waals surface area (Å²) < 4.78 is 6.50. The zero-order valence-electron chi connectivity index (χ0n) is 18.1. The third kappa shape index (κ3) is 4.61. The number of carbonyl (C=O) groups is 1. The second-order valence-electron chi connectivity index (χ2n) is 7.64. The molecule has 0 radical (unpaired) electrons. The fraction of sp³-hybridized carbons (Fsp3) is 0.120. The second-order valence-corrected chi connectivity index (χ2v) is 8.75. The summed E-state index contributed by atoms with van der Waals surface area (Å²) in [6, 6.07) is 19.5. The van der Waals surface area contributed by atoms with E-state index in [1.54, 1.807) is 28.0 Å². The number of fused-ring (bicyclic) bond motifs is 1. The number of hydrogen-bond acceptors (Lipinski definition) is 7. The van der Waals surface area contributed by atoms with Gasteiger partial charge in [-0.25, -0.2) is 14.3 Å². The lowest BCUT2D eigenvalue weighted by molar-refractivity contribution is 0.0600. The highest BCUT2D eigenvalue weighted by Gasteiger charge is 2.10. The van der Waals surface area contributed by atoms with Crippen molar-refractivity contribution in [2.75, 3.05) is 12.4 Å². The summed E-state index contributed by atoms with van der Waals surface area (Å²) in [6.45, 7) is 2.07. The Kier molecular flexibility index (Phi) is 5.58. The normalized spacial score (nSPS) is 11.0. The van der Waals surface area contributed by atoms with Crippen LogP contribution in [0.2, 0.25) is 0 Å². The fourth-order valence-electron chi connectivity index (χ4n) is 3.59. The van der Waals surface area contributed by atoms with Crippen LogP contribution < -0.4 is 5.32 Å². The molecule has 0 unspecified atom stereocenters. The minimum atomic E-state index is -0.333.